The number of hydrogen-bond acceptors (Lipinski definition) is 3. The van der Waals surface area contributed by atoms with E-state index in [1.54, 1.807) is 0 Å². The quantitative estimate of drug-likeness (QED) is 0.693. The lowest BCUT2D eigenvalue weighted by atomic mass is 9.85. The Kier molecular flexibility index (Phi) is 7.68. The van der Waals surface area contributed by atoms with Crippen LogP contribution in [-0.4, -0.2) is 60.5 Å². The molecule has 1 N–H and O–H groups in total. The Morgan fingerprint density at radius 3 is 2.11 bits per heavy atom. The zero-order valence-corrected chi connectivity index (χ0v) is 12.9. The van der Waals surface area contributed by atoms with Crippen molar-refractivity contribution in [2.24, 2.45) is 5.41 Å². The van der Waals surface area contributed by atoms with E-state index in [9.17, 15) is 9.59 Å². The minimum absolute atomic E-state index is 0.0218. The minimum Gasteiger partial charge on any atom is -0.481 e. The van der Waals surface area contributed by atoms with Gasteiger partial charge in [-0.3, -0.25) is 9.59 Å². The summed E-state index contributed by atoms with van der Waals surface area (Å²) >= 11 is 0. The minimum atomic E-state index is -0.853. The van der Waals surface area contributed by atoms with Crippen LogP contribution in [0.4, 0.5) is 0 Å². The molecule has 19 heavy (non-hydrogen) atoms. The molecule has 0 bridgehead atoms. The van der Waals surface area contributed by atoms with Crippen LogP contribution in [0.3, 0.4) is 0 Å². The van der Waals surface area contributed by atoms with Gasteiger partial charge >= 0.3 is 5.97 Å². The number of carbonyl (C=O) groups excluding carboxylic acids is 1. The van der Waals surface area contributed by atoms with Gasteiger partial charge in [0.2, 0.25) is 5.91 Å². The highest BCUT2D eigenvalue weighted by Gasteiger charge is 2.27. The summed E-state index contributed by atoms with van der Waals surface area (Å²) in [5.41, 5.74) is -0.488. The molecule has 112 valence electrons. The van der Waals surface area contributed by atoms with E-state index in [0.717, 1.165) is 19.5 Å². The number of carboxylic acid groups (broad SMARTS) is 1. The third kappa shape index (κ3) is 8.59. The summed E-state index contributed by atoms with van der Waals surface area (Å²) in [4.78, 5) is 26.8. The number of amides is 1. The Morgan fingerprint density at radius 2 is 1.68 bits per heavy atom. The lowest BCUT2D eigenvalue weighted by Gasteiger charge is -2.27. The van der Waals surface area contributed by atoms with Crippen molar-refractivity contribution in [2.75, 3.05) is 33.7 Å². The summed E-state index contributed by atoms with van der Waals surface area (Å²) in [6.45, 7) is 7.96. The SMILES string of the molecule is CCN(CCCN(C)C)C(=O)CC(C)(C)CC(=O)O. The molecule has 0 aromatic carbocycles. The molecule has 0 aliphatic carbocycles. The van der Waals surface area contributed by atoms with Gasteiger partial charge in [-0.25, -0.2) is 0 Å². The van der Waals surface area contributed by atoms with Crippen LogP contribution in [0.5, 0.6) is 0 Å². The van der Waals surface area contributed by atoms with Gasteiger partial charge in [0.05, 0.1) is 6.42 Å². The molecular formula is C14H28N2O3. The first-order valence-electron chi connectivity index (χ1n) is 6.82. The van der Waals surface area contributed by atoms with Crippen LogP contribution in [-0.2, 0) is 9.59 Å². The molecule has 5 heteroatoms. The lowest BCUT2D eigenvalue weighted by molar-refractivity contribution is -0.140. The molecule has 0 saturated heterocycles. The van der Waals surface area contributed by atoms with Crippen LogP contribution in [0.2, 0.25) is 0 Å². The molecule has 0 heterocycles. The van der Waals surface area contributed by atoms with Gasteiger partial charge in [0.1, 0.15) is 0 Å². The molecule has 0 aromatic rings. The number of carbonyl (C=O) groups is 2. The van der Waals surface area contributed by atoms with Gasteiger partial charge in [0, 0.05) is 19.5 Å². The average molecular weight is 272 g/mol. The fourth-order valence-corrected chi connectivity index (χ4v) is 2.03. The van der Waals surface area contributed by atoms with E-state index in [-0.39, 0.29) is 18.7 Å². The molecule has 0 aliphatic rings. The third-order valence-corrected chi connectivity index (χ3v) is 3.03. The summed E-state index contributed by atoms with van der Waals surface area (Å²) in [7, 11) is 4.02. The molecule has 1 amide bonds. The fraction of sp³-hybridized carbons (Fsp3) is 0.857. The first-order valence-corrected chi connectivity index (χ1v) is 6.82. The van der Waals surface area contributed by atoms with E-state index in [1.165, 1.54) is 0 Å². The molecule has 0 fully saturated rings. The largest absolute Gasteiger partial charge is 0.481 e. The highest BCUT2D eigenvalue weighted by molar-refractivity contribution is 5.78. The van der Waals surface area contributed by atoms with Crippen molar-refractivity contribution in [1.29, 1.82) is 0 Å². The maximum Gasteiger partial charge on any atom is 0.303 e. The van der Waals surface area contributed by atoms with E-state index >= 15 is 0 Å². The van der Waals surface area contributed by atoms with E-state index in [4.69, 9.17) is 5.11 Å². The van der Waals surface area contributed by atoms with Crippen LogP contribution in [0.1, 0.15) is 40.0 Å². The Morgan fingerprint density at radius 1 is 1.11 bits per heavy atom. The van der Waals surface area contributed by atoms with Gasteiger partial charge in [-0.1, -0.05) is 13.8 Å². The van der Waals surface area contributed by atoms with Crippen molar-refractivity contribution in [3.63, 3.8) is 0 Å². The van der Waals surface area contributed by atoms with Gasteiger partial charge in [-0.2, -0.15) is 0 Å². The molecule has 0 atom stereocenters. The molecule has 0 aromatic heterocycles. The van der Waals surface area contributed by atoms with E-state index in [1.807, 2.05) is 39.8 Å². The van der Waals surface area contributed by atoms with Crippen LogP contribution in [0.25, 0.3) is 0 Å². The van der Waals surface area contributed by atoms with Crippen molar-refractivity contribution in [3.05, 3.63) is 0 Å². The summed E-state index contributed by atoms with van der Waals surface area (Å²) in [6, 6.07) is 0. The number of nitrogens with zero attached hydrogens (tertiary/aromatic N) is 2. The molecule has 0 rings (SSSR count). The van der Waals surface area contributed by atoms with Crippen LogP contribution < -0.4 is 0 Å². The van der Waals surface area contributed by atoms with Crippen LogP contribution >= 0.6 is 0 Å². The zero-order valence-electron chi connectivity index (χ0n) is 12.9. The predicted octanol–water partition coefficient (Wildman–Crippen LogP) is 1.68. The van der Waals surface area contributed by atoms with Crippen molar-refractivity contribution in [2.45, 2.75) is 40.0 Å². The molecule has 0 unspecified atom stereocenters. The summed E-state index contributed by atoms with van der Waals surface area (Å²) < 4.78 is 0. The smallest absolute Gasteiger partial charge is 0.303 e. The second-order valence-electron chi connectivity index (χ2n) is 6.04. The monoisotopic (exact) mass is 272 g/mol. The zero-order chi connectivity index (χ0) is 15.1. The summed E-state index contributed by atoms with van der Waals surface area (Å²) in [5, 5.41) is 8.83. The topological polar surface area (TPSA) is 60.9 Å². The van der Waals surface area contributed by atoms with E-state index < -0.39 is 11.4 Å². The highest BCUT2D eigenvalue weighted by Crippen LogP contribution is 2.25. The average Bonchev–Trinajstić information content (AvgIpc) is 2.20. The first-order chi connectivity index (χ1) is 8.68. The third-order valence-electron chi connectivity index (χ3n) is 3.03. The van der Waals surface area contributed by atoms with Crippen molar-refractivity contribution >= 4 is 11.9 Å². The summed E-state index contributed by atoms with van der Waals surface area (Å²) in [6.07, 6.45) is 1.25. The Bertz CT molecular complexity index is 301. The lowest BCUT2D eigenvalue weighted by Crippen LogP contribution is -2.36. The van der Waals surface area contributed by atoms with Gasteiger partial charge in [0.25, 0.3) is 0 Å². The second kappa shape index (κ2) is 8.15. The highest BCUT2D eigenvalue weighted by atomic mass is 16.4. The number of hydrogen-bond donors (Lipinski definition) is 1. The van der Waals surface area contributed by atoms with Crippen LogP contribution in [0, 0.1) is 5.41 Å². The van der Waals surface area contributed by atoms with E-state index in [2.05, 4.69) is 4.90 Å². The molecule has 0 saturated carbocycles. The van der Waals surface area contributed by atoms with Crippen molar-refractivity contribution in [1.82, 2.24) is 9.80 Å². The standard InChI is InChI=1S/C14H28N2O3/c1-6-16(9-7-8-15(4)5)12(17)10-14(2,3)11-13(18)19/h6-11H2,1-5H3,(H,18,19). The maximum absolute atomic E-state index is 12.2. The van der Waals surface area contributed by atoms with Gasteiger partial charge < -0.3 is 14.9 Å². The van der Waals surface area contributed by atoms with Crippen molar-refractivity contribution < 1.29 is 14.7 Å². The second-order valence-corrected chi connectivity index (χ2v) is 6.04. The molecule has 5 nitrogen and oxygen atoms in total. The van der Waals surface area contributed by atoms with E-state index in [0.29, 0.717) is 6.54 Å². The van der Waals surface area contributed by atoms with Gasteiger partial charge in [-0.05, 0) is 39.4 Å². The Hall–Kier alpha value is -1.10. The predicted molar refractivity (Wildman–Crippen MR) is 76.1 cm³/mol. The van der Waals surface area contributed by atoms with Crippen LogP contribution in [0.15, 0.2) is 0 Å². The number of carboxylic acids is 1. The fourth-order valence-electron chi connectivity index (χ4n) is 2.03. The Balaban J connectivity index is 4.30. The summed E-state index contributed by atoms with van der Waals surface area (Å²) in [5.74, 6) is -0.805. The normalized spacial score (nSPS) is 11.7. The molecule has 0 spiro atoms. The Labute approximate surface area is 116 Å². The first kappa shape index (κ1) is 17.9. The number of aliphatic carboxylic acids is 1. The molecule has 0 aliphatic heterocycles. The molecule has 0 radical (unpaired) electrons. The number of rotatable bonds is 9. The van der Waals surface area contributed by atoms with Gasteiger partial charge in [0.15, 0.2) is 0 Å². The maximum atomic E-state index is 12.2. The van der Waals surface area contributed by atoms with Crippen molar-refractivity contribution in [3.8, 4) is 0 Å². The van der Waals surface area contributed by atoms with Gasteiger partial charge in [-0.15, -0.1) is 0 Å². The molecular weight excluding hydrogens is 244 g/mol.